The molecular formula is C26H34N2O4S. The van der Waals surface area contributed by atoms with Crippen LogP contribution in [0.4, 0.5) is 0 Å². The minimum atomic E-state index is -3.45. The molecule has 7 heteroatoms. The third-order valence-electron chi connectivity index (χ3n) is 6.58. The van der Waals surface area contributed by atoms with Crippen molar-refractivity contribution >= 4 is 15.9 Å². The van der Waals surface area contributed by atoms with E-state index in [4.69, 9.17) is 4.74 Å². The van der Waals surface area contributed by atoms with E-state index >= 15 is 0 Å². The first-order valence-electron chi connectivity index (χ1n) is 12.0. The Labute approximate surface area is 197 Å². The van der Waals surface area contributed by atoms with E-state index in [1.807, 2.05) is 19.1 Å². The fourth-order valence-electron chi connectivity index (χ4n) is 4.81. The van der Waals surface area contributed by atoms with E-state index in [1.165, 1.54) is 0 Å². The highest BCUT2D eigenvalue weighted by Gasteiger charge is 2.26. The van der Waals surface area contributed by atoms with Crippen molar-refractivity contribution in [2.75, 3.05) is 19.7 Å². The van der Waals surface area contributed by atoms with E-state index in [1.54, 1.807) is 16.4 Å². The number of ether oxygens (including phenoxy) is 1. The van der Waals surface area contributed by atoms with Crippen LogP contribution in [0.5, 0.6) is 5.75 Å². The summed E-state index contributed by atoms with van der Waals surface area (Å²) in [6, 6.07) is 11.2. The second kappa shape index (κ2) is 10.3. The van der Waals surface area contributed by atoms with Crippen molar-refractivity contribution in [3.8, 4) is 5.75 Å². The molecule has 2 aliphatic heterocycles. The number of aryl methyl sites for hydroxylation is 3. The lowest BCUT2D eigenvalue weighted by atomic mass is 9.95. The summed E-state index contributed by atoms with van der Waals surface area (Å²) in [5, 5.41) is 3.16. The molecule has 0 bridgehead atoms. The van der Waals surface area contributed by atoms with Crippen molar-refractivity contribution in [2.45, 2.75) is 69.7 Å². The van der Waals surface area contributed by atoms with Crippen molar-refractivity contribution in [1.82, 2.24) is 9.62 Å². The highest BCUT2D eigenvalue weighted by molar-refractivity contribution is 7.89. The Morgan fingerprint density at radius 3 is 2.45 bits per heavy atom. The van der Waals surface area contributed by atoms with Gasteiger partial charge >= 0.3 is 0 Å². The second-order valence-electron chi connectivity index (χ2n) is 9.22. The van der Waals surface area contributed by atoms with Crippen molar-refractivity contribution in [2.24, 2.45) is 0 Å². The maximum absolute atomic E-state index is 12.9. The molecule has 1 fully saturated rings. The molecule has 0 aliphatic carbocycles. The molecule has 4 rings (SSSR count). The fraction of sp³-hybridized carbons (Fsp3) is 0.500. The summed E-state index contributed by atoms with van der Waals surface area (Å²) in [5.41, 5.74) is 4.26. The molecule has 0 saturated carbocycles. The molecule has 0 radical (unpaired) electrons. The number of rotatable bonds is 6. The Morgan fingerprint density at radius 1 is 1.06 bits per heavy atom. The molecule has 1 N–H and O–H groups in total. The van der Waals surface area contributed by atoms with Gasteiger partial charge in [-0.15, -0.1) is 0 Å². The van der Waals surface area contributed by atoms with Crippen LogP contribution in [-0.4, -0.2) is 38.3 Å². The summed E-state index contributed by atoms with van der Waals surface area (Å²) in [5.74, 6) is 0.881. The Bertz CT molecular complexity index is 1090. The molecule has 1 saturated heterocycles. The molecule has 2 aliphatic rings. The molecule has 2 heterocycles. The molecule has 6 nitrogen and oxygen atoms in total. The normalized spacial score (nSPS) is 19.3. The maximum atomic E-state index is 12.9. The first-order chi connectivity index (χ1) is 15.8. The van der Waals surface area contributed by atoms with Gasteiger partial charge in [-0.25, -0.2) is 8.42 Å². The van der Waals surface area contributed by atoms with E-state index < -0.39 is 10.0 Å². The van der Waals surface area contributed by atoms with Gasteiger partial charge in [0.2, 0.25) is 15.9 Å². The number of carbonyl (C=O) groups is 1. The van der Waals surface area contributed by atoms with Crippen LogP contribution >= 0.6 is 0 Å². The Morgan fingerprint density at radius 2 is 1.76 bits per heavy atom. The van der Waals surface area contributed by atoms with Gasteiger partial charge in [0.1, 0.15) is 5.75 Å². The van der Waals surface area contributed by atoms with Gasteiger partial charge in [-0.3, -0.25) is 4.79 Å². The Hall–Kier alpha value is -2.38. The topological polar surface area (TPSA) is 75.7 Å². The first-order valence-corrected chi connectivity index (χ1v) is 13.4. The van der Waals surface area contributed by atoms with E-state index in [0.717, 1.165) is 60.1 Å². The first kappa shape index (κ1) is 23.8. The summed E-state index contributed by atoms with van der Waals surface area (Å²) >= 11 is 0. The number of amides is 1. The van der Waals surface area contributed by atoms with Crippen molar-refractivity contribution in [3.63, 3.8) is 0 Å². The Kier molecular flexibility index (Phi) is 7.39. The quantitative estimate of drug-likeness (QED) is 0.677. The molecular weight excluding hydrogens is 436 g/mol. The number of nitrogens with zero attached hydrogens (tertiary/aromatic N) is 1. The standard InChI is InChI=1S/C26H34N2O4S/c1-19-17-20(2)26-23(18-19)24(13-16-32-26)27-25(29)12-9-21-7-10-22(11-8-21)33(30,31)28-14-5-3-4-6-15-28/h7-8,10-11,17-18,24H,3-6,9,12-16H2,1-2H3,(H,27,29). The number of nitrogens with one attached hydrogen (secondary N) is 1. The number of hydrogen-bond acceptors (Lipinski definition) is 4. The van der Waals surface area contributed by atoms with Gasteiger partial charge in [0.25, 0.3) is 0 Å². The van der Waals surface area contributed by atoms with Crippen molar-refractivity contribution in [1.29, 1.82) is 0 Å². The summed E-state index contributed by atoms with van der Waals surface area (Å²) in [7, 11) is -3.45. The van der Waals surface area contributed by atoms with Gasteiger partial charge in [0.05, 0.1) is 17.5 Å². The smallest absolute Gasteiger partial charge is 0.243 e. The average Bonchev–Trinajstić information content (AvgIpc) is 3.09. The minimum absolute atomic E-state index is 0.00623. The molecule has 33 heavy (non-hydrogen) atoms. The van der Waals surface area contributed by atoms with Crippen LogP contribution in [0.25, 0.3) is 0 Å². The van der Waals surface area contributed by atoms with Crippen LogP contribution in [0, 0.1) is 13.8 Å². The van der Waals surface area contributed by atoms with Crippen molar-refractivity contribution in [3.05, 3.63) is 58.7 Å². The molecule has 0 aromatic heterocycles. The number of benzene rings is 2. The average molecular weight is 471 g/mol. The molecule has 1 atom stereocenters. The second-order valence-corrected chi connectivity index (χ2v) is 11.2. The van der Waals surface area contributed by atoms with Gasteiger partial charge in [-0.2, -0.15) is 4.31 Å². The fourth-order valence-corrected chi connectivity index (χ4v) is 6.33. The summed E-state index contributed by atoms with van der Waals surface area (Å²) in [6.45, 7) is 5.87. The van der Waals surface area contributed by atoms with Crippen LogP contribution in [0.2, 0.25) is 0 Å². The van der Waals surface area contributed by atoms with Gasteiger partial charge in [0, 0.05) is 31.5 Å². The van der Waals surface area contributed by atoms with Crippen LogP contribution < -0.4 is 10.1 Å². The number of hydrogen-bond donors (Lipinski definition) is 1. The molecule has 1 unspecified atom stereocenters. The van der Waals surface area contributed by atoms with E-state index in [0.29, 0.717) is 37.4 Å². The van der Waals surface area contributed by atoms with Crippen molar-refractivity contribution < 1.29 is 17.9 Å². The number of fused-ring (bicyclic) bond motifs is 1. The molecule has 178 valence electrons. The van der Waals surface area contributed by atoms with Crippen LogP contribution in [0.15, 0.2) is 41.3 Å². The SMILES string of the molecule is Cc1cc(C)c2c(c1)C(NC(=O)CCc1ccc(S(=O)(=O)N3CCCCCC3)cc1)CCO2. The highest BCUT2D eigenvalue weighted by atomic mass is 32.2. The minimum Gasteiger partial charge on any atom is -0.493 e. The van der Waals surface area contributed by atoms with Gasteiger partial charge in [-0.1, -0.05) is 42.7 Å². The molecule has 2 aromatic carbocycles. The summed E-state index contributed by atoms with van der Waals surface area (Å²) < 4.78 is 33.3. The summed E-state index contributed by atoms with van der Waals surface area (Å²) in [4.78, 5) is 13.0. The van der Waals surface area contributed by atoms with Crippen LogP contribution in [-0.2, 0) is 21.2 Å². The Balaban J connectivity index is 1.35. The zero-order valence-electron chi connectivity index (χ0n) is 19.6. The van der Waals surface area contributed by atoms with Crippen LogP contribution in [0.1, 0.15) is 66.8 Å². The largest absolute Gasteiger partial charge is 0.493 e. The van der Waals surface area contributed by atoms with E-state index in [2.05, 4.69) is 24.4 Å². The third-order valence-corrected chi connectivity index (χ3v) is 8.49. The van der Waals surface area contributed by atoms with Crippen LogP contribution in [0.3, 0.4) is 0 Å². The molecule has 2 aromatic rings. The lowest BCUT2D eigenvalue weighted by Gasteiger charge is -2.28. The summed E-state index contributed by atoms with van der Waals surface area (Å²) in [6.07, 6.45) is 5.70. The highest BCUT2D eigenvalue weighted by Crippen LogP contribution is 2.35. The predicted octanol–water partition coefficient (Wildman–Crippen LogP) is 4.44. The third kappa shape index (κ3) is 5.58. The van der Waals surface area contributed by atoms with Gasteiger partial charge in [0.15, 0.2) is 0 Å². The lowest BCUT2D eigenvalue weighted by molar-refractivity contribution is -0.122. The lowest BCUT2D eigenvalue weighted by Crippen LogP contribution is -2.32. The number of sulfonamides is 1. The molecule has 0 spiro atoms. The maximum Gasteiger partial charge on any atom is 0.243 e. The van der Waals surface area contributed by atoms with E-state index in [-0.39, 0.29) is 11.9 Å². The number of carbonyl (C=O) groups excluding carboxylic acids is 1. The predicted molar refractivity (Wildman–Crippen MR) is 129 cm³/mol. The monoisotopic (exact) mass is 470 g/mol. The van der Waals surface area contributed by atoms with Gasteiger partial charge < -0.3 is 10.1 Å². The van der Waals surface area contributed by atoms with Gasteiger partial charge in [-0.05, 0) is 56.4 Å². The zero-order valence-corrected chi connectivity index (χ0v) is 20.4. The van der Waals surface area contributed by atoms with E-state index in [9.17, 15) is 13.2 Å². The molecule has 1 amide bonds. The zero-order chi connectivity index (χ0) is 23.4.